The van der Waals surface area contributed by atoms with Crippen molar-refractivity contribution in [1.29, 1.82) is 0 Å². The molecule has 5 heteroatoms. The standard InChI is InChI=1S/C8H13F2NO2/c1-8(9,10)7(13)11-4-5-2-6(12)3-5/h5-6,12H,2-4H2,1H3,(H,11,13). The van der Waals surface area contributed by atoms with Crippen LogP contribution in [0, 0.1) is 5.92 Å². The number of hydrogen-bond acceptors (Lipinski definition) is 2. The van der Waals surface area contributed by atoms with Crippen LogP contribution in [0.5, 0.6) is 0 Å². The van der Waals surface area contributed by atoms with Crippen LogP contribution in [0.25, 0.3) is 0 Å². The van der Waals surface area contributed by atoms with Crippen molar-refractivity contribution in [3.63, 3.8) is 0 Å². The Morgan fingerprint density at radius 2 is 2.15 bits per heavy atom. The van der Waals surface area contributed by atoms with Crippen LogP contribution in [0.3, 0.4) is 0 Å². The molecule has 1 aliphatic rings. The van der Waals surface area contributed by atoms with Crippen LogP contribution in [0.15, 0.2) is 0 Å². The number of amides is 1. The molecule has 0 aromatic heterocycles. The largest absolute Gasteiger partial charge is 0.393 e. The lowest BCUT2D eigenvalue weighted by atomic mass is 9.82. The van der Waals surface area contributed by atoms with Gasteiger partial charge in [0.25, 0.3) is 5.91 Å². The lowest BCUT2D eigenvalue weighted by Gasteiger charge is -2.31. The third-order valence-electron chi connectivity index (χ3n) is 2.16. The minimum atomic E-state index is -3.30. The van der Waals surface area contributed by atoms with Gasteiger partial charge in [-0.2, -0.15) is 8.78 Å². The number of carbonyl (C=O) groups excluding carboxylic acids is 1. The fourth-order valence-corrected chi connectivity index (χ4v) is 1.26. The van der Waals surface area contributed by atoms with Crippen molar-refractivity contribution in [2.75, 3.05) is 6.54 Å². The van der Waals surface area contributed by atoms with Crippen LogP contribution in [-0.4, -0.2) is 29.6 Å². The second-order valence-corrected chi connectivity index (χ2v) is 3.59. The number of aliphatic hydroxyl groups excluding tert-OH is 1. The molecular formula is C8H13F2NO2. The van der Waals surface area contributed by atoms with E-state index in [0.29, 0.717) is 19.8 Å². The summed E-state index contributed by atoms with van der Waals surface area (Å²) in [5, 5.41) is 11.0. The molecule has 0 unspecified atom stereocenters. The Morgan fingerprint density at radius 1 is 1.62 bits per heavy atom. The molecule has 0 bridgehead atoms. The first kappa shape index (κ1) is 10.4. The summed E-state index contributed by atoms with van der Waals surface area (Å²) in [7, 11) is 0. The molecule has 0 heterocycles. The second-order valence-electron chi connectivity index (χ2n) is 3.59. The van der Waals surface area contributed by atoms with Gasteiger partial charge in [-0.05, 0) is 18.8 Å². The maximum absolute atomic E-state index is 12.3. The molecule has 1 fully saturated rings. The molecule has 0 radical (unpaired) electrons. The van der Waals surface area contributed by atoms with Crippen LogP contribution >= 0.6 is 0 Å². The summed E-state index contributed by atoms with van der Waals surface area (Å²) in [4.78, 5) is 10.7. The molecule has 13 heavy (non-hydrogen) atoms. The highest BCUT2D eigenvalue weighted by atomic mass is 19.3. The number of aliphatic hydroxyl groups is 1. The smallest absolute Gasteiger partial charge is 0.321 e. The van der Waals surface area contributed by atoms with Crippen molar-refractivity contribution in [2.24, 2.45) is 5.92 Å². The first-order valence-electron chi connectivity index (χ1n) is 4.24. The zero-order valence-electron chi connectivity index (χ0n) is 7.39. The molecule has 1 aliphatic carbocycles. The topological polar surface area (TPSA) is 49.3 Å². The number of halogens is 2. The van der Waals surface area contributed by atoms with Crippen LogP contribution in [0.4, 0.5) is 8.78 Å². The zero-order chi connectivity index (χ0) is 10.1. The van der Waals surface area contributed by atoms with Gasteiger partial charge in [-0.15, -0.1) is 0 Å². The van der Waals surface area contributed by atoms with Gasteiger partial charge in [0.2, 0.25) is 0 Å². The van der Waals surface area contributed by atoms with Gasteiger partial charge in [0.05, 0.1) is 6.10 Å². The Labute approximate surface area is 75.1 Å². The van der Waals surface area contributed by atoms with Crippen LogP contribution in [0.2, 0.25) is 0 Å². The van der Waals surface area contributed by atoms with Crippen molar-refractivity contribution in [1.82, 2.24) is 5.32 Å². The highest BCUT2D eigenvalue weighted by Gasteiger charge is 2.34. The van der Waals surface area contributed by atoms with Gasteiger partial charge in [-0.25, -0.2) is 0 Å². The maximum Gasteiger partial charge on any atom is 0.321 e. The summed E-state index contributed by atoms with van der Waals surface area (Å²) < 4.78 is 24.6. The van der Waals surface area contributed by atoms with Crippen molar-refractivity contribution in [3.05, 3.63) is 0 Å². The summed E-state index contributed by atoms with van der Waals surface area (Å²) in [6.07, 6.45) is 0.870. The van der Waals surface area contributed by atoms with Crippen LogP contribution < -0.4 is 5.32 Å². The molecule has 0 aliphatic heterocycles. The maximum atomic E-state index is 12.3. The van der Waals surface area contributed by atoms with E-state index in [2.05, 4.69) is 5.32 Å². The first-order chi connectivity index (χ1) is 5.89. The molecule has 0 aromatic carbocycles. The lowest BCUT2D eigenvalue weighted by Crippen LogP contribution is -2.43. The summed E-state index contributed by atoms with van der Waals surface area (Å²) in [6.45, 7) is 0.803. The minimum Gasteiger partial charge on any atom is -0.393 e. The number of hydrogen-bond donors (Lipinski definition) is 2. The average Bonchev–Trinajstić information content (AvgIpc) is 1.93. The predicted molar refractivity (Wildman–Crippen MR) is 42.4 cm³/mol. The third-order valence-corrected chi connectivity index (χ3v) is 2.16. The van der Waals surface area contributed by atoms with E-state index >= 15 is 0 Å². The van der Waals surface area contributed by atoms with E-state index in [1.807, 2.05) is 0 Å². The summed E-state index contributed by atoms with van der Waals surface area (Å²) >= 11 is 0. The summed E-state index contributed by atoms with van der Waals surface area (Å²) in [5.41, 5.74) is 0. The molecule has 1 rings (SSSR count). The van der Waals surface area contributed by atoms with Gasteiger partial charge in [0, 0.05) is 13.5 Å². The quantitative estimate of drug-likeness (QED) is 0.686. The van der Waals surface area contributed by atoms with Crippen molar-refractivity contribution in [3.8, 4) is 0 Å². The minimum absolute atomic E-state index is 0.154. The molecule has 0 saturated heterocycles. The number of carbonyl (C=O) groups is 1. The van der Waals surface area contributed by atoms with E-state index in [1.165, 1.54) is 0 Å². The molecular weight excluding hydrogens is 180 g/mol. The van der Waals surface area contributed by atoms with E-state index in [9.17, 15) is 13.6 Å². The van der Waals surface area contributed by atoms with E-state index < -0.39 is 11.8 Å². The first-order valence-corrected chi connectivity index (χ1v) is 4.24. The lowest BCUT2D eigenvalue weighted by molar-refractivity contribution is -0.143. The Bertz CT molecular complexity index is 197. The molecule has 2 N–H and O–H groups in total. The van der Waals surface area contributed by atoms with E-state index in [1.54, 1.807) is 0 Å². The molecule has 0 atom stereocenters. The van der Waals surface area contributed by atoms with Crippen LogP contribution in [0.1, 0.15) is 19.8 Å². The number of nitrogens with one attached hydrogen (secondary N) is 1. The molecule has 1 saturated carbocycles. The zero-order valence-corrected chi connectivity index (χ0v) is 7.39. The van der Waals surface area contributed by atoms with E-state index in [4.69, 9.17) is 5.11 Å². The predicted octanol–water partition coefficient (Wildman–Crippen LogP) is 0.529. The van der Waals surface area contributed by atoms with Gasteiger partial charge in [-0.3, -0.25) is 4.79 Å². The van der Waals surface area contributed by atoms with Gasteiger partial charge in [0.1, 0.15) is 0 Å². The monoisotopic (exact) mass is 193 g/mol. The highest BCUT2D eigenvalue weighted by molar-refractivity contribution is 5.82. The van der Waals surface area contributed by atoms with E-state index in [-0.39, 0.29) is 18.6 Å². The Hall–Kier alpha value is -0.710. The van der Waals surface area contributed by atoms with Crippen molar-refractivity contribution < 1.29 is 18.7 Å². The number of rotatable bonds is 3. The third kappa shape index (κ3) is 2.91. The van der Waals surface area contributed by atoms with Gasteiger partial charge >= 0.3 is 5.92 Å². The molecule has 1 amide bonds. The SMILES string of the molecule is CC(F)(F)C(=O)NCC1CC(O)C1. The van der Waals surface area contributed by atoms with Crippen molar-refractivity contribution in [2.45, 2.75) is 31.8 Å². The summed E-state index contributed by atoms with van der Waals surface area (Å²) in [6, 6.07) is 0. The van der Waals surface area contributed by atoms with Gasteiger partial charge in [-0.1, -0.05) is 0 Å². The fourth-order valence-electron chi connectivity index (χ4n) is 1.26. The second kappa shape index (κ2) is 3.57. The van der Waals surface area contributed by atoms with Gasteiger partial charge in [0.15, 0.2) is 0 Å². The van der Waals surface area contributed by atoms with Crippen LogP contribution in [-0.2, 0) is 4.79 Å². The summed E-state index contributed by atoms with van der Waals surface area (Å²) in [5.74, 6) is -4.39. The Balaban J connectivity index is 2.16. The van der Waals surface area contributed by atoms with Gasteiger partial charge < -0.3 is 10.4 Å². The normalized spacial score (nSPS) is 28.0. The average molecular weight is 193 g/mol. The fraction of sp³-hybridized carbons (Fsp3) is 0.875. The molecule has 0 spiro atoms. The van der Waals surface area contributed by atoms with Crippen molar-refractivity contribution >= 4 is 5.91 Å². The molecule has 76 valence electrons. The Kier molecular flexibility index (Phi) is 2.85. The Morgan fingerprint density at radius 3 is 2.54 bits per heavy atom. The van der Waals surface area contributed by atoms with E-state index in [0.717, 1.165) is 0 Å². The highest BCUT2D eigenvalue weighted by Crippen LogP contribution is 2.26. The molecule has 3 nitrogen and oxygen atoms in total. The number of alkyl halides is 2. The molecule has 0 aromatic rings.